The zero-order valence-corrected chi connectivity index (χ0v) is 12.9. The second-order valence-electron chi connectivity index (χ2n) is 8.34. The lowest BCUT2D eigenvalue weighted by atomic mass is 9.32. The first-order valence-corrected chi connectivity index (χ1v) is 8.26. The van der Waals surface area contributed by atoms with Gasteiger partial charge in [-0.05, 0) is 61.7 Å². The minimum Gasteiger partial charge on any atom is -0.378 e. The largest absolute Gasteiger partial charge is 0.378 e. The zero-order chi connectivity index (χ0) is 13.8. The molecule has 7 aliphatic rings. The summed E-state index contributed by atoms with van der Waals surface area (Å²) in [5, 5.41) is 0. The van der Waals surface area contributed by atoms with Gasteiger partial charge in [-0.25, -0.2) is 0 Å². The standard InChI is InChI=1S/C17H26O3/c1-18-15-4-10-11-5-16(19-2)6-12(10)14(8-15)17(9-16,20-3)13(11)7-15/h10-14H,4-9H2,1-3H3. The van der Waals surface area contributed by atoms with Gasteiger partial charge in [0.2, 0.25) is 0 Å². The number of hydrogen-bond acceptors (Lipinski definition) is 3. The van der Waals surface area contributed by atoms with Crippen LogP contribution >= 0.6 is 0 Å². The van der Waals surface area contributed by atoms with Crippen LogP contribution in [0.2, 0.25) is 0 Å². The first kappa shape index (κ1) is 12.4. The summed E-state index contributed by atoms with van der Waals surface area (Å²) in [5.41, 5.74) is 0.402. The molecule has 0 amide bonds. The Hall–Kier alpha value is -0.120. The molecule has 0 saturated heterocycles. The lowest BCUT2D eigenvalue weighted by Gasteiger charge is -2.77. The molecule has 3 nitrogen and oxygen atoms in total. The Kier molecular flexibility index (Phi) is 2.14. The van der Waals surface area contributed by atoms with Crippen molar-refractivity contribution in [3.63, 3.8) is 0 Å². The second kappa shape index (κ2) is 3.44. The highest BCUT2D eigenvalue weighted by Crippen LogP contribution is 2.75. The van der Waals surface area contributed by atoms with E-state index in [-0.39, 0.29) is 16.8 Å². The maximum absolute atomic E-state index is 6.27. The van der Waals surface area contributed by atoms with Crippen molar-refractivity contribution in [2.45, 2.75) is 55.3 Å². The van der Waals surface area contributed by atoms with Gasteiger partial charge in [-0.2, -0.15) is 0 Å². The zero-order valence-electron chi connectivity index (χ0n) is 12.9. The van der Waals surface area contributed by atoms with Crippen LogP contribution < -0.4 is 0 Å². The van der Waals surface area contributed by atoms with Gasteiger partial charge in [-0.1, -0.05) is 0 Å². The summed E-state index contributed by atoms with van der Waals surface area (Å²) in [6.07, 6.45) is 7.41. The van der Waals surface area contributed by atoms with Crippen LogP contribution in [0.3, 0.4) is 0 Å². The third-order valence-electron chi connectivity index (χ3n) is 8.24. The summed E-state index contributed by atoms with van der Waals surface area (Å²) in [7, 11) is 5.81. The third-order valence-corrected chi connectivity index (χ3v) is 8.24. The SMILES string of the molecule is COC12CC3C4CC5(OC)CC3C(C1)C(OC)(C5)C4C2. The fourth-order valence-electron chi connectivity index (χ4n) is 7.65. The Morgan fingerprint density at radius 2 is 1.20 bits per heavy atom. The number of methoxy groups -OCH3 is 3. The molecule has 0 radical (unpaired) electrons. The molecule has 112 valence electrons. The smallest absolute Gasteiger partial charge is 0.0769 e. The average molecular weight is 278 g/mol. The van der Waals surface area contributed by atoms with Gasteiger partial charge in [0.05, 0.1) is 16.8 Å². The van der Waals surface area contributed by atoms with Crippen molar-refractivity contribution in [3.8, 4) is 0 Å². The molecule has 7 rings (SSSR count). The highest BCUT2D eigenvalue weighted by atomic mass is 16.5. The van der Waals surface area contributed by atoms with Crippen molar-refractivity contribution >= 4 is 0 Å². The van der Waals surface area contributed by atoms with E-state index >= 15 is 0 Å². The van der Waals surface area contributed by atoms with E-state index in [0.717, 1.165) is 24.2 Å². The van der Waals surface area contributed by atoms with E-state index < -0.39 is 0 Å². The number of ether oxygens (including phenoxy) is 3. The first-order valence-electron chi connectivity index (χ1n) is 8.26. The summed E-state index contributed by atoms with van der Waals surface area (Å²) >= 11 is 0. The maximum atomic E-state index is 6.27. The van der Waals surface area contributed by atoms with E-state index in [4.69, 9.17) is 14.2 Å². The monoisotopic (exact) mass is 278 g/mol. The molecule has 0 aliphatic heterocycles. The maximum Gasteiger partial charge on any atom is 0.0769 e. The van der Waals surface area contributed by atoms with Crippen LogP contribution in [0.15, 0.2) is 0 Å². The number of hydrogen-bond donors (Lipinski definition) is 0. The van der Waals surface area contributed by atoms with E-state index in [1.165, 1.54) is 32.1 Å². The van der Waals surface area contributed by atoms with E-state index in [1.807, 2.05) is 21.3 Å². The van der Waals surface area contributed by atoms with E-state index in [1.54, 1.807) is 0 Å². The van der Waals surface area contributed by atoms with Crippen LogP contribution in [0.25, 0.3) is 0 Å². The topological polar surface area (TPSA) is 27.7 Å². The molecule has 7 fully saturated rings. The van der Waals surface area contributed by atoms with Crippen molar-refractivity contribution in [2.24, 2.45) is 29.6 Å². The number of rotatable bonds is 3. The highest BCUT2D eigenvalue weighted by molar-refractivity contribution is 5.27. The molecule has 0 aromatic heterocycles. The minimum absolute atomic E-state index is 0.0980. The summed E-state index contributed by atoms with van der Waals surface area (Å²) < 4.78 is 18.4. The normalized spacial score (nSPS) is 65.2. The van der Waals surface area contributed by atoms with Gasteiger partial charge in [0, 0.05) is 27.8 Å². The Balaban J connectivity index is 1.66. The van der Waals surface area contributed by atoms with Gasteiger partial charge < -0.3 is 14.2 Å². The van der Waals surface area contributed by atoms with Crippen LogP contribution in [0.5, 0.6) is 0 Å². The van der Waals surface area contributed by atoms with Crippen molar-refractivity contribution in [1.29, 1.82) is 0 Å². The van der Waals surface area contributed by atoms with Gasteiger partial charge in [0.15, 0.2) is 0 Å². The lowest BCUT2D eigenvalue weighted by Crippen LogP contribution is -2.79. The lowest BCUT2D eigenvalue weighted by molar-refractivity contribution is -0.358. The van der Waals surface area contributed by atoms with Crippen molar-refractivity contribution in [1.82, 2.24) is 0 Å². The van der Waals surface area contributed by atoms with Gasteiger partial charge >= 0.3 is 0 Å². The molecule has 4 unspecified atom stereocenters. The Morgan fingerprint density at radius 3 is 1.70 bits per heavy atom. The van der Waals surface area contributed by atoms with Gasteiger partial charge in [-0.15, -0.1) is 0 Å². The van der Waals surface area contributed by atoms with E-state index in [0.29, 0.717) is 11.8 Å². The van der Waals surface area contributed by atoms with Crippen LogP contribution in [0.1, 0.15) is 38.5 Å². The molecule has 3 heteroatoms. The van der Waals surface area contributed by atoms with Gasteiger partial charge in [0.1, 0.15) is 0 Å². The van der Waals surface area contributed by atoms with Crippen molar-refractivity contribution in [2.75, 3.05) is 21.3 Å². The summed E-state index contributed by atoms with van der Waals surface area (Å²) in [6, 6.07) is 0. The van der Waals surface area contributed by atoms with Crippen molar-refractivity contribution < 1.29 is 14.2 Å². The molecule has 0 aromatic rings. The molecule has 4 atom stereocenters. The summed E-state index contributed by atoms with van der Waals surface area (Å²) in [6.45, 7) is 0. The minimum atomic E-state index is 0.0980. The summed E-state index contributed by atoms with van der Waals surface area (Å²) in [5.74, 6) is 3.94. The first-order chi connectivity index (χ1) is 9.61. The fourth-order valence-corrected chi connectivity index (χ4v) is 7.65. The average Bonchev–Trinajstić information content (AvgIpc) is 2.51. The van der Waals surface area contributed by atoms with Crippen LogP contribution in [-0.2, 0) is 14.2 Å². The van der Waals surface area contributed by atoms with E-state index in [9.17, 15) is 0 Å². The Morgan fingerprint density at radius 1 is 0.650 bits per heavy atom. The van der Waals surface area contributed by atoms with Crippen LogP contribution in [0.4, 0.5) is 0 Å². The molecule has 7 saturated carbocycles. The molecule has 20 heavy (non-hydrogen) atoms. The predicted octanol–water partition coefficient (Wildman–Crippen LogP) is 2.63. The molecule has 8 bridgehead atoms. The molecule has 0 spiro atoms. The molecule has 0 N–H and O–H groups in total. The molecular weight excluding hydrogens is 252 g/mol. The molecule has 0 aromatic carbocycles. The highest BCUT2D eigenvalue weighted by Gasteiger charge is 2.76. The van der Waals surface area contributed by atoms with Crippen LogP contribution in [0, 0.1) is 29.6 Å². The Bertz CT molecular complexity index is 435. The van der Waals surface area contributed by atoms with Crippen molar-refractivity contribution in [3.05, 3.63) is 0 Å². The predicted molar refractivity (Wildman–Crippen MR) is 74.4 cm³/mol. The van der Waals surface area contributed by atoms with Crippen LogP contribution in [-0.4, -0.2) is 38.1 Å². The Labute approximate surface area is 121 Å². The second-order valence-corrected chi connectivity index (χ2v) is 8.34. The quantitative estimate of drug-likeness (QED) is 0.794. The van der Waals surface area contributed by atoms with Gasteiger partial charge in [0.25, 0.3) is 0 Å². The molecule has 7 aliphatic carbocycles. The summed E-state index contributed by atoms with van der Waals surface area (Å²) in [4.78, 5) is 0. The van der Waals surface area contributed by atoms with Gasteiger partial charge in [-0.3, -0.25) is 0 Å². The molecular formula is C17H26O3. The molecule has 0 heterocycles. The fraction of sp³-hybridized carbons (Fsp3) is 1.00. The van der Waals surface area contributed by atoms with E-state index in [2.05, 4.69) is 0 Å². The third kappa shape index (κ3) is 1.11.